The van der Waals surface area contributed by atoms with Crippen molar-refractivity contribution in [3.63, 3.8) is 0 Å². The Morgan fingerprint density at radius 1 is 0.292 bits per heavy atom. The largest absolute Gasteiger partial charge is 0.462 e. The summed E-state index contributed by atoms with van der Waals surface area (Å²) in [5.74, 6) is -1.04. The van der Waals surface area contributed by atoms with Gasteiger partial charge in [-0.05, 0) is 135 Å². The maximum absolute atomic E-state index is 12.9. The van der Waals surface area contributed by atoms with E-state index in [-0.39, 0.29) is 44.0 Å². The molecule has 6 heteroatoms. The van der Waals surface area contributed by atoms with Gasteiger partial charge in [-0.25, -0.2) is 0 Å². The standard InChI is InChI=1S/C66H104O6/c1-4-7-10-13-16-19-22-25-28-30-31-32-33-34-35-36-39-41-44-47-50-53-56-59-65(68)71-62-63(61-70-64(67)58-55-52-49-46-43-40-37-27-24-21-18-15-12-9-6-3)72-66(69)60-57-54-51-48-45-42-38-29-26-23-20-17-14-11-8-5-2/h7,9-10,12,16,18-19,21,25,27-29,31-32,34-35,37-39,41,43,46-47,50,63H,4-6,8,11,13-15,17,20,22-24,26,30,33,36,40,42,44-45,48-49,51-62H2,1-3H3/b10-7-,12-9-,19-16-,21-18-,28-25-,32-31-,35-34-,37-27-,38-29-,41-39-,46-43-,50-47-. The third-order valence-corrected chi connectivity index (χ3v) is 11.6. The summed E-state index contributed by atoms with van der Waals surface area (Å²) in [6.45, 7) is 6.30. The van der Waals surface area contributed by atoms with E-state index in [2.05, 4.69) is 167 Å². The molecule has 0 radical (unpaired) electrons. The summed E-state index contributed by atoms with van der Waals surface area (Å²) in [5.41, 5.74) is 0. The van der Waals surface area contributed by atoms with Crippen LogP contribution >= 0.6 is 0 Å². The quantitative estimate of drug-likeness (QED) is 0.0261. The lowest BCUT2D eigenvalue weighted by atomic mass is 10.1. The Labute approximate surface area is 442 Å². The molecule has 0 rings (SSSR count). The van der Waals surface area contributed by atoms with E-state index in [0.29, 0.717) is 19.3 Å². The highest BCUT2D eigenvalue weighted by Gasteiger charge is 2.19. The SMILES string of the molecule is CC/C=C\C/C=C\C/C=C\C/C=C\C/C=C\C/C=C\C/C=C\CCCC(=O)OCC(COC(=O)CCCC/C=C\C/C=C\C/C=C\C/C=C\CC)OC(=O)CCCCCCC/C=C\CCCCCCCCC. The molecule has 0 saturated carbocycles. The number of rotatable bonds is 50. The maximum atomic E-state index is 12.9. The van der Waals surface area contributed by atoms with Crippen LogP contribution in [-0.4, -0.2) is 37.2 Å². The Morgan fingerprint density at radius 3 is 0.944 bits per heavy atom. The molecule has 0 spiro atoms. The average molecular weight is 994 g/mol. The molecule has 0 fully saturated rings. The Balaban J connectivity index is 4.56. The molecule has 0 aliphatic heterocycles. The van der Waals surface area contributed by atoms with Crippen LogP contribution in [0.3, 0.4) is 0 Å². The fourth-order valence-corrected chi connectivity index (χ4v) is 7.30. The second kappa shape index (κ2) is 58.9. The normalized spacial score (nSPS) is 13.2. The Kier molecular flexibility index (Phi) is 55.0. The summed E-state index contributed by atoms with van der Waals surface area (Å²) in [6, 6.07) is 0. The Morgan fingerprint density at radius 2 is 0.556 bits per heavy atom. The summed E-state index contributed by atoms with van der Waals surface area (Å²) in [6.07, 6.45) is 84.2. The molecule has 0 aliphatic rings. The van der Waals surface area contributed by atoms with E-state index in [4.69, 9.17) is 14.2 Å². The van der Waals surface area contributed by atoms with E-state index in [1.807, 2.05) is 0 Å². The van der Waals surface area contributed by atoms with Crippen molar-refractivity contribution < 1.29 is 28.6 Å². The van der Waals surface area contributed by atoms with Crippen LogP contribution in [0.2, 0.25) is 0 Å². The molecular weight excluding hydrogens is 889 g/mol. The molecule has 0 aromatic heterocycles. The molecule has 0 N–H and O–H groups in total. The first kappa shape index (κ1) is 67.3. The molecule has 0 aromatic rings. The van der Waals surface area contributed by atoms with Gasteiger partial charge in [-0.3, -0.25) is 14.4 Å². The van der Waals surface area contributed by atoms with Crippen LogP contribution < -0.4 is 0 Å². The first-order chi connectivity index (χ1) is 35.5. The van der Waals surface area contributed by atoms with Gasteiger partial charge in [-0.1, -0.05) is 224 Å². The van der Waals surface area contributed by atoms with Crippen molar-refractivity contribution in [1.29, 1.82) is 0 Å². The number of ether oxygens (including phenoxy) is 3. The lowest BCUT2D eigenvalue weighted by Crippen LogP contribution is -2.30. The van der Waals surface area contributed by atoms with Crippen molar-refractivity contribution in [2.75, 3.05) is 13.2 Å². The molecule has 0 aromatic carbocycles. The van der Waals surface area contributed by atoms with Crippen LogP contribution in [0.1, 0.15) is 233 Å². The number of allylic oxidation sites excluding steroid dienone is 24. The van der Waals surface area contributed by atoms with Gasteiger partial charge >= 0.3 is 17.9 Å². The molecule has 6 nitrogen and oxygen atoms in total. The Bertz CT molecular complexity index is 1610. The van der Waals surface area contributed by atoms with Crippen LogP contribution in [-0.2, 0) is 28.6 Å². The van der Waals surface area contributed by atoms with E-state index in [1.165, 1.54) is 57.8 Å². The molecule has 0 bridgehead atoms. The molecule has 0 saturated heterocycles. The third kappa shape index (κ3) is 56.2. The molecule has 404 valence electrons. The van der Waals surface area contributed by atoms with Crippen molar-refractivity contribution in [2.45, 2.75) is 239 Å². The van der Waals surface area contributed by atoms with Crippen LogP contribution in [0.15, 0.2) is 146 Å². The minimum atomic E-state index is -0.830. The van der Waals surface area contributed by atoms with Crippen LogP contribution in [0, 0.1) is 0 Å². The Hall–Kier alpha value is -4.71. The molecule has 0 heterocycles. The first-order valence-electron chi connectivity index (χ1n) is 28.8. The third-order valence-electron chi connectivity index (χ3n) is 11.6. The molecular formula is C66H104O6. The van der Waals surface area contributed by atoms with Gasteiger partial charge in [0.1, 0.15) is 13.2 Å². The number of esters is 3. The number of hydrogen-bond acceptors (Lipinski definition) is 6. The fraction of sp³-hybridized carbons (Fsp3) is 0.591. The highest BCUT2D eigenvalue weighted by atomic mass is 16.6. The van der Waals surface area contributed by atoms with Gasteiger partial charge in [-0.15, -0.1) is 0 Å². The van der Waals surface area contributed by atoms with E-state index < -0.39 is 6.10 Å². The first-order valence-corrected chi connectivity index (χ1v) is 28.8. The predicted molar refractivity (Wildman–Crippen MR) is 311 cm³/mol. The van der Waals surface area contributed by atoms with Crippen LogP contribution in [0.25, 0.3) is 0 Å². The number of hydrogen-bond donors (Lipinski definition) is 0. The zero-order valence-electron chi connectivity index (χ0n) is 46.1. The van der Waals surface area contributed by atoms with Gasteiger partial charge in [0.05, 0.1) is 0 Å². The van der Waals surface area contributed by atoms with E-state index >= 15 is 0 Å². The number of carbonyl (C=O) groups is 3. The lowest BCUT2D eigenvalue weighted by Gasteiger charge is -2.18. The fourth-order valence-electron chi connectivity index (χ4n) is 7.30. The summed E-state index contributed by atoms with van der Waals surface area (Å²) >= 11 is 0. The van der Waals surface area contributed by atoms with Crippen LogP contribution in [0.4, 0.5) is 0 Å². The average Bonchev–Trinajstić information content (AvgIpc) is 3.38. The minimum absolute atomic E-state index is 0.126. The summed E-state index contributed by atoms with van der Waals surface area (Å²) in [7, 11) is 0. The second-order valence-electron chi connectivity index (χ2n) is 18.4. The van der Waals surface area contributed by atoms with Crippen molar-refractivity contribution in [1.82, 2.24) is 0 Å². The minimum Gasteiger partial charge on any atom is -0.462 e. The number of unbranched alkanes of at least 4 members (excludes halogenated alkanes) is 15. The summed E-state index contributed by atoms with van der Waals surface area (Å²) in [4.78, 5) is 38.1. The molecule has 1 unspecified atom stereocenters. The second-order valence-corrected chi connectivity index (χ2v) is 18.4. The topological polar surface area (TPSA) is 78.9 Å². The van der Waals surface area contributed by atoms with Gasteiger partial charge in [0.2, 0.25) is 0 Å². The van der Waals surface area contributed by atoms with E-state index in [1.54, 1.807) is 0 Å². The van der Waals surface area contributed by atoms with Gasteiger partial charge in [-0.2, -0.15) is 0 Å². The lowest BCUT2D eigenvalue weighted by molar-refractivity contribution is -0.167. The van der Waals surface area contributed by atoms with Crippen molar-refractivity contribution in [3.8, 4) is 0 Å². The van der Waals surface area contributed by atoms with Crippen molar-refractivity contribution >= 4 is 17.9 Å². The highest BCUT2D eigenvalue weighted by molar-refractivity contribution is 5.71. The van der Waals surface area contributed by atoms with Crippen molar-refractivity contribution in [2.24, 2.45) is 0 Å². The highest BCUT2D eigenvalue weighted by Crippen LogP contribution is 2.13. The zero-order chi connectivity index (χ0) is 52.2. The summed E-state index contributed by atoms with van der Waals surface area (Å²) in [5, 5.41) is 0. The molecule has 72 heavy (non-hydrogen) atoms. The van der Waals surface area contributed by atoms with Crippen LogP contribution in [0.5, 0.6) is 0 Å². The van der Waals surface area contributed by atoms with Gasteiger partial charge in [0.25, 0.3) is 0 Å². The number of carbonyl (C=O) groups excluding carboxylic acids is 3. The smallest absolute Gasteiger partial charge is 0.306 e. The molecule has 0 amide bonds. The zero-order valence-corrected chi connectivity index (χ0v) is 46.1. The summed E-state index contributed by atoms with van der Waals surface area (Å²) < 4.78 is 16.8. The van der Waals surface area contributed by atoms with Crippen molar-refractivity contribution in [3.05, 3.63) is 146 Å². The van der Waals surface area contributed by atoms with Gasteiger partial charge < -0.3 is 14.2 Å². The van der Waals surface area contributed by atoms with Gasteiger partial charge in [0, 0.05) is 19.3 Å². The van der Waals surface area contributed by atoms with Gasteiger partial charge in [0.15, 0.2) is 6.10 Å². The van der Waals surface area contributed by atoms with E-state index in [0.717, 1.165) is 122 Å². The molecule has 0 aliphatic carbocycles. The van der Waals surface area contributed by atoms with E-state index in [9.17, 15) is 14.4 Å². The maximum Gasteiger partial charge on any atom is 0.306 e. The predicted octanol–water partition coefficient (Wildman–Crippen LogP) is 19.6. The molecule has 1 atom stereocenters. The monoisotopic (exact) mass is 993 g/mol.